The van der Waals surface area contributed by atoms with Crippen LogP contribution < -0.4 is 0 Å². The van der Waals surface area contributed by atoms with Gasteiger partial charge in [-0.15, -0.1) is 0 Å². The number of carbonyl (C=O) groups is 2. The maximum absolute atomic E-state index is 10.8. The van der Waals surface area contributed by atoms with E-state index in [2.05, 4.69) is 20.7 Å². The van der Waals surface area contributed by atoms with Gasteiger partial charge >= 0.3 is 11.9 Å². The zero-order valence-electron chi connectivity index (χ0n) is 7.00. The molecule has 0 bridgehead atoms. The molecule has 0 saturated heterocycles. The summed E-state index contributed by atoms with van der Waals surface area (Å²) in [5.41, 5.74) is 0. The highest BCUT2D eigenvalue weighted by Crippen LogP contribution is 1.98. The predicted octanol–water partition coefficient (Wildman–Crippen LogP) is 0.876. The molecule has 1 unspecified atom stereocenters. The van der Waals surface area contributed by atoms with Gasteiger partial charge in [0.25, 0.3) is 0 Å². The SMILES string of the molecule is COC(=O)CC(=O)OC(C)CBr. The van der Waals surface area contributed by atoms with Crippen molar-refractivity contribution in [2.24, 2.45) is 0 Å². The van der Waals surface area contributed by atoms with Crippen LogP contribution in [0.3, 0.4) is 0 Å². The number of rotatable bonds is 4. The standard InChI is InChI=1S/C7H11BrO4/c1-5(4-8)12-7(10)3-6(9)11-2/h5H,3-4H2,1-2H3. The van der Waals surface area contributed by atoms with E-state index in [0.717, 1.165) is 0 Å². The Morgan fingerprint density at radius 1 is 1.42 bits per heavy atom. The molecule has 0 aliphatic heterocycles. The van der Waals surface area contributed by atoms with Crippen LogP contribution in [0.5, 0.6) is 0 Å². The molecule has 4 nitrogen and oxygen atoms in total. The summed E-state index contributed by atoms with van der Waals surface area (Å²) in [6.07, 6.45) is -0.546. The molecular weight excluding hydrogens is 228 g/mol. The molecule has 0 N–H and O–H groups in total. The zero-order valence-corrected chi connectivity index (χ0v) is 8.59. The van der Waals surface area contributed by atoms with Gasteiger partial charge in [0, 0.05) is 5.33 Å². The van der Waals surface area contributed by atoms with Gasteiger partial charge in [-0.05, 0) is 6.92 Å². The van der Waals surface area contributed by atoms with E-state index in [-0.39, 0.29) is 12.5 Å². The van der Waals surface area contributed by atoms with Crippen LogP contribution in [0.1, 0.15) is 13.3 Å². The molecule has 0 aromatic carbocycles. The highest BCUT2D eigenvalue weighted by Gasteiger charge is 2.13. The average Bonchev–Trinajstić information content (AvgIpc) is 2.03. The number of hydrogen-bond donors (Lipinski definition) is 0. The number of carbonyl (C=O) groups excluding carboxylic acids is 2. The van der Waals surface area contributed by atoms with E-state index in [9.17, 15) is 9.59 Å². The summed E-state index contributed by atoms with van der Waals surface area (Å²) in [6.45, 7) is 1.73. The molecule has 0 heterocycles. The second-order valence-electron chi connectivity index (χ2n) is 2.21. The summed E-state index contributed by atoms with van der Waals surface area (Å²) >= 11 is 3.13. The summed E-state index contributed by atoms with van der Waals surface area (Å²) < 4.78 is 9.07. The molecule has 0 spiro atoms. The Balaban J connectivity index is 3.66. The van der Waals surface area contributed by atoms with Crippen molar-refractivity contribution in [3.8, 4) is 0 Å². The van der Waals surface area contributed by atoms with Crippen molar-refractivity contribution in [3.63, 3.8) is 0 Å². The summed E-state index contributed by atoms with van der Waals surface area (Å²) in [6, 6.07) is 0. The summed E-state index contributed by atoms with van der Waals surface area (Å²) in [4.78, 5) is 21.4. The van der Waals surface area contributed by atoms with Gasteiger partial charge in [-0.2, -0.15) is 0 Å². The molecule has 1 atom stereocenters. The van der Waals surface area contributed by atoms with Crippen LogP contribution in [0.25, 0.3) is 0 Å². The largest absolute Gasteiger partial charge is 0.469 e. The molecule has 0 saturated carbocycles. The summed E-state index contributed by atoms with van der Waals surface area (Å²) in [5, 5.41) is 0.555. The van der Waals surface area contributed by atoms with E-state index < -0.39 is 11.9 Å². The Bertz CT molecular complexity index is 169. The van der Waals surface area contributed by atoms with Crippen molar-refractivity contribution >= 4 is 27.9 Å². The maximum Gasteiger partial charge on any atom is 0.317 e. The first kappa shape index (κ1) is 11.4. The number of alkyl halides is 1. The Morgan fingerprint density at radius 3 is 2.42 bits per heavy atom. The lowest BCUT2D eigenvalue weighted by atomic mass is 10.4. The van der Waals surface area contributed by atoms with Gasteiger partial charge in [0.15, 0.2) is 0 Å². The minimum absolute atomic E-state index is 0.220. The van der Waals surface area contributed by atoms with Crippen molar-refractivity contribution in [1.82, 2.24) is 0 Å². The van der Waals surface area contributed by atoms with Crippen LogP contribution in [0.15, 0.2) is 0 Å². The molecule has 0 amide bonds. The fraction of sp³-hybridized carbons (Fsp3) is 0.714. The van der Waals surface area contributed by atoms with Gasteiger partial charge in [-0.1, -0.05) is 15.9 Å². The minimum atomic E-state index is -0.582. The van der Waals surface area contributed by atoms with Gasteiger partial charge < -0.3 is 9.47 Å². The van der Waals surface area contributed by atoms with E-state index in [1.807, 2.05) is 0 Å². The molecule has 0 aromatic rings. The second-order valence-corrected chi connectivity index (χ2v) is 2.86. The van der Waals surface area contributed by atoms with Crippen molar-refractivity contribution in [2.45, 2.75) is 19.4 Å². The molecule has 0 aliphatic carbocycles. The number of hydrogen-bond acceptors (Lipinski definition) is 4. The molecule has 0 aliphatic rings. The lowest BCUT2D eigenvalue weighted by molar-refractivity contribution is -0.155. The minimum Gasteiger partial charge on any atom is -0.469 e. The Morgan fingerprint density at radius 2 is 2.00 bits per heavy atom. The predicted molar refractivity (Wildman–Crippen MR) is 46.0 cm³/mol. The van der Waals surface area contributed by atoms with Gasteiger partial charge in [-0.25, -0.2) is 0 Å². The van der Waals surface area contributed by atoms with E-state index in [4.69, 9.17) is 4.74 Å². The smallest absolute Gasteiger partial charge is 0.317 e. The lowest BCUT2D eigenvalue weighted by Gasteiger charge is -2.08. The van der Waals surface area contributed by atoms with Crippen molar-refractivity contribution in [1.29, 1.82) is 0 Å². The van der Waals surface area contributed by atoms with Crippen molar-refractivity contribution in [3.05, 3.63) is 0 Å². The molecule has 0 rings (SSSR count). The molecule has 12 heavy (non-hydrogen) atoms. The molecule has 0 fully saturated rings. The maximum atomic E-state index is 10.8. The summed E-state index contributed by atoms with van der Waals surface area (Å²) in [5.74, 6) is -1.14. The topological polar surface area (TPSA) is 52.6 Å². The molecule has 70 valence electrons. The Labute approximate surface area is 79.3 Å². The highest BCUT2D eigenvalue weighted by atomic mass is 79.9. The van der Waals surface area contributed by atoms with E-state index >= 15 is 0 Å². The molecule has 0 aromatic heterocycles. The van der Waals surface area contributed by atoms with Gasteiger partial charge in [0.2, 0.25) is 0 Å². The van der Waals surface area contributed by atoms with Crippen molar-refractivity contribution < 1.29 is 19.1 Å². The third-order valence-corrected chi connectivity index (χ3v) is 1.98. The van der Waals surface area contributed by atoms with E-state index in [1.54, 1.807) is 6.92 Å². The fourth-order valence-corrected chi connectivity index (χ4v) is 0.620. The van der Waals surface area contributed by atoms with Gasteiger partial charge in [0.05, 0.1) is 7.11 Å². The number of ether oxygens (including phenoxy) is 2. The van der Waals surface area contributed by atoms with Crippen LogP contribution in [0, 0.1) is 0 Å². The van der Waals surface area contributed by atoms with Gasteiger partial charge in [-0.3, -0.25) is 9.59 Å². The fourth-order valence-electron chi connectivity index (χ4n) is 0.488. The van der Waals surface area contributed by atoms with Crippen LogP contribution >= 0.6 is 15.9 Å². The first-order valence-electron chi connectivity index (χ1n) is 3.42. The third kappa shape index (κ3) is 5.12. The molecule has 0 radical (unpaired) electrons. The van der Waals surface area contributed by atoms with Crippen molar-refractivity contribution in [2.75, 3.05) is 12.4 Å². The zero-order chi connectivity index (χ0) is 9.56. The van der Waals surface area contributed by atoms with Gasteiger partial charge in [0.1, 0.15) is 12.5 Å². The first-order chi connectivity index (χ1) is 5.60. The van der Waals surface area contributed by atoms with Crippen LogP contribution in [0.2, 0.25) is 0 Å². The highest BCUT2D eigenvalue weighted by molar-refractivity contribution is 9.09. The van der Waals surface area contributed by atoms with Crippen LogP contribution in [-0.2, 0) is 19.1 Å². The Hall–Kier alpha value is -0.580. The average molecular weight is 239 g/mol. The number of halogens is 1. The van der Waals surface area contributed by atoms with E-state index in [1.165, 1.54) is 7.11 Å². The lowest BCUT2D eigenvalue weighted by Crippen LogP contribution is -2.19. The molecule has 5 heteroatoms. The van der Waals surface area contributed by atoms with Crippen LogP contribution in [-0.4, -0.2) is 30.5 Å². The number of esters is 2. The first-order valence-corrected chi connectivity index (χ1v) is 4.54. The quantitative estimate of drug-likeness (QED) is 0.415. The van der Waals surface area contributed by atoms with Crippen LogP contribution in [0.4, 0.5) is 0 Å². The summed E-state index contributed by atoms with van der Waals surface area (Å²) in [7, 11) is 1.23. The normalized spacial score (nSPS) is 11.9. The number of methoxy groups -OCH3 is 1. The monoisotopic (exact) mass is 238 g/mol. The Kier molecular flexibility index (Phi) is 5.70. The van der Waals surface area contributed by atoms with E-state index in [0.29, 0.717) is 5.33 Å². The third-order valence-electron chi connectivity index (χ3n) is 1.07. The second kappa shape index (κ2) is 5.99. The molecular formula is C7H11BrO4.